The standard InChI is InChI=1S/C11H18N2O6/c1-11(3-2-4-19-11)7-12-10(17)13-8(14)5-18-6-9(15)16/h2-7H2,1H3,(H,15,16)(H2,12,13,14,17). The van der Waals surface area contributed by atoms with Crippen molar-refractivity contribution < 1.29 is 29.0 Å². The summed E-state index contributed by atoms with van der Waals surface area (Å²) in [7, 11) is 0. The van der Waals surface area contributed by atoms with Crippen LogP contribution in [0.1, 0.15) is 19.8 Å². The molecule has 1 aliphatic heterocycles. The Bertz CT molecular complexity index is 351. The SMILES string of the molecule is CC1(CNC(=O)NC(=O)COCC(=O)O)CCCO1. The topological polar surface area (TPSA) is 114 Å². The average Bonchev–Trinajstić information content (AvgIpc) is 2.74. The Morgan fingerprint density at radius 3 is 2.68 bits per heavy atom. The van der Waals surface area contributed by atoms with E-state index in [1.54, 1.807) is 0 Å². The summed E-state index contributed by atoms with van der Waals surface area (Å²) < 4.78 is 10.0. The summed E-state index contributed by atoms with van der Waals surface area (Å²) in [5.74, 6) is -1.88. The lowest BCUT2D eigenvalue weighted by Crippen LogP contribution is -2.47. The fourth-order valence-electron chi connectivity index (χ4n) is 1.68. The van der Waals surface area contributed by atoms with Gasteiger partial charge in [-0.15, -0.1) is 0 Å². The second kappa shape index (κ2) is 7.05. The molecule has 8 nitrogen and oxygen atoms in total. The normalized spacial score (nSPS) is 21.9. The van der Waals surface area contributed by atoms with E-state index in [-0.39, 0.29) is 5.60 Å². The second-order valence-electron chi connectivity index (χ2n) is 4.52. The van der Waals surface area contributed by atoms with E-state index in [1.165, 1.54) is 0 Å². The Morgan fingerprint density at radius 2 is 2.11 bits per heavy atom. The number of hydrogen-bond donors (Lipinski definition) is 3. The summed E-state index contributed by atoms with van der Waals surface area (Å²) in [5, 5.41) is 12.9. The molecule has 1 heterocycles. The largest absolute Gasteiger partial charge is 0.480 e. The Kier molecular flexibility index (Phi) is 5.71. The van der Waals surface area contributed by atoms with Crippen molar-refractivity contribution in [3.05, 3.63) is 0 Å². The molecule has 3 N–H and O–H groups in total. The Hall–Kier alpha value is -1.67. The number of hydrogen-bond acceptors (Lipinski definition) is 5. The lowest BCUT2D eigenvalue weighted by Gasteiger charge is -2.23. The van der Waals surface area contributed by atoms with Crippen molar-refractivity contribution in [1.82, 2.24) is 10.6 Å². The minimum absolute atomic E-state index is 0.308. The summed E-state index contributed by atoms with van der Waals surface area (Å²) in [6.07, 6.45) is 1.80. The quantitative estimate of drug-likeness (QED) is 0.600. The van der Waals surface area contributed by atoms with E-state index in [9.17, 15) is 14.4 Å². The van der Waals surface area contributed by atoms with Crippen molar-refractivity contribution in [1.29, 1.82) is 0 Å². The van der Waals surface area contributed by atoms with Gasteiger partial charge in [0.1, 0.15) is 13.2 Å². The minimum atomic E-state index is -1.18. The molecule has 19 heavy (non-hydrogen) atoms. The van der Waals surface area contributed by atoms with Crippen LogP contribution in [-0.4, -0.2) is 55.0 Å². The maximum Gasteiger partial charge on any atom is 0.329 e. The number of aliphatic carboxylic acids is 1. The highest BCUT2D eigenvalue weighted by molar-refractivity contribution is 5.94. The number of carboxylic acid groups (broad SMARTS) is 1. The molecule has 1 rings (SSSR count). The number of carboxylic acids is 1. The van der Waals surface area contributed by atoms with Crippen molar-refractivity contribution in [2.45, 2.75) is 25.4 Å². The first-order valence-electron chi connectivity index (χ1n) is 5.92. The number of urea groups is 1. The van der Waals surface area contributed by atoms with Crippen LogP contribution in [0.15, 0.2) is 0 Å². The summed E-state index contributed by atoms with van der Waals surface area (Å²) >= 11 is 0. The van der Waals surface area contributed by atoms with Crippen LogP contribution in [0.3, 0.4) is 0 Å². The van der Waals surface area contributed by atoms with Crippen molar-refractivity contribution in [2.75, 3.05) is 26.4 Å². The highest BCUT2D eigenvalue weighted by Crippen LogP contribution is 2.23. The molecule has 1 atom stereocenters. The van der Waals surface area contributed by atoms with E-state index < -0.39 is 31.1 Å². The van der Waals surface area contributed by atoms with Crippen LogP contribution in [0.25, 0.3) is 0 Å². The van der Waals surface area contributed by atoms with Crippen molar-refractivity contribution in [3.63, 3.8) is 0 Å². The average molecular weight is 274 g/mol. The van der Waals surface area contributed by atoms with Gasteiger partial charge in [0.15, 0.2) is 0 Å². The first-order valence-corrected chi connectivity index (χ1v) is 5.92. The Labute approximate surface area is 110 Å². The molecule has 0 aromatic rings. The predicted octanol–water partition coefficient (Wildman–Crippen LogP) is -0.517. The molecule has 1 saturated heterocycles. The summed E-state index contributed by atoms with van der Waals surface area (Å²) in [4.78, 5) is 32.7. The van der Waals surface area contributed by atoms with Crippen molar-refractivity contribution in [2.24, 2.45) is 0 Å². The molecule has 1 unspecified atom stereocenters. The van der Waals surface area contributed by atoms with Crippen LogP contribution in [0.4, 0.5) is 4.79 Å². The third-order valence-corrected chi connectivity index (χ3v) is 2.64. The van der Waals surface area contributed by atoms with E-state index in [2.05, 4.69) is 10.1 Å². The van der Waals surface area contributed by atoms with E-state index >= 15 is 0 Å². The van der Waals surface area contributed by atoms with Gasteiger partial charge in [0.25, 0.3) is 5.91 Å². The van der Waals surface area contributed by atoms with Crippen LogP contribution >= 0.6 is 0 Å². The smallest absolute Gasteiger partial charge is 0.329 e. The molecule has 1 fully saturated rings. The molecule has 0 radical (unpaired) electrons. The fourth-order valence-corrected chi connectivity index (χ4v) is 1.68. The zero-order chi connectivity index (χ0) is 14.3. The molecule has 108 valence electrons. The number of carbonyl (C=O) groups is 3. The molecule has 0 aromatic heterocycles. The Balaban J connectivity index is 2.16. The van der Waals surface area contributed by atoms with Gasteiger partial charge < -0.3 is 19.9 Å². The molecule has 0 spiro atoms. The van der Waals surface area contributed by atoms with E-state index in [0.29, 0.717) is 13.2 Å². The maximum absolute atomic E-state index is 11.4. The lowest BCUT2D eigenvalue weighted by atomic mass is 10.0. The molecule has 0 saturated carbocycles. The first kappa shape index (κ1) is 15.4. The number of imide groups is 1. The number of ether oxygens (including phenoxy) is 2. The van der Waals surface area contributed by atoms with Gasteiger partial charge in [-0.05, 0) is 19.8 Å². The number of carbonyl (C=O) groups excluding carboxylic acids is 2. The monoisotopic (exact) mass is 274 g/mol. The summed E-state index contributed by atoms with van der Waals surface area (Å²) in [6, 6.07) is -0.652. The van der Waals surface area contributed by atoms with Gasteiger partial charge >= 0.3 is 12.0 Å². The highest BCUT2D eigenvalue weighted by atomic mass is 16.5. The summed E-state index contributed by atoms with van der Waals surface area (Å²) in [5.41, 5.74) is -0.389. The molecule has 0 aromatic carbocycles. The molecule has 0 aliphatic carbocycles. The lowest BCUT2D eigenvalue weighted by molar-refractivity contribution is -0.143. The van der Waals surface area contributed by atoms with E-state index in [0.717, 1.165) is 12.8 Å². The van der Waals surface area contributed by atoms with Gasteiger partial charge in [-0.1, -0.05) is 0 Å². The molecule has 8 heteroatoms. The second-order valence-corrected chi connectivity index (χ2v) is 4.52. The van der Waals surface area contributed by atoms with Gasteiger partial charge in [-0.2, -0.15) is 0 Å². The van der Waals surface area contributed by atoms with E-state index in [1.807, 2.05) is 12.2 Å². The third kappa shape index (κ3) is 6.16. The van der Waals surface area contributed by atoms with Gasteiger partial charge in [-0.25, -0.2) is 9.59 Å². The van der Waals surface area contributed by atoms with Crippen LogP contribution in [-0.2, 0) is 19.1 Å². The number of amides is 3. The predicted molar refractivity (Wildman–Crippen MR) is 63.6 cm³/mol. The molecule has 3 amide bonds. The van der Waals surface area contributed by atoms with Crippen molar-refractivity contribution in [3.8, 4) is 0 Å². The third-order valence-electron chi connectivity index (χ3n) is 2.64. The van der Waals surface area contributed by atoms with Crippen LogP contribution in [0.5, 0.6) is 0 Å². The van der Waals surface area contributed by atoms with E-state index in [4.69, 9.17) is 9.84 Å². The fraction of sp³-hybridized carbons (Fsp3) is 0.727. The van der Waals surface area contributed by atoms with Crippen molar-refractivity contribution >= 4 is 17.9 Å². The van der Waals surface area contributed by atoms with Gasteiger partial charge in [-0.3, -0.25) is 10.1 Å². The zero-order valence-electron chi connectivity index (χ0n) is 10.7. The highest BCUT2D eigenvalue weighted by Gasteiger charge is 2.30. The molecule has 1 aliphatic rings. The van der Waals surface area contributed by atoms with Gasteiger partial charge in [0.2, 0.25) is 0 Å². The maximum atomic E-state index is 11.4. The number of nitrogens with one attached hydrogen (secondary N) is 2. The molecule has 0 bridgehead atoms. The van der Waals surface area contributed by atoms with Gasteiger partial charge in [0.05, 0.1) is 5.60 Å². The first-order chi connectivity index (χ1) is 8.91. The number of rotatable bonds is 6. The van der Waals surface area contributed by atoms with Crippen LogP contribution in [0, 0.1) is 0 Å². The van der Waals surface area contributed by atoms with Crippen LogP contribution < -0.4 is 10.6 Å². The van der Waals surface area contributed by atoms with Gasteiger partial charge in [0, 0.05) is 13.2 Å². The van der Waals surface area contributed by atoms with Crippen LogP contribution in [0.2, 0.25) is 0 Å². The Morgan fingerprint density at radius 1 is 1.37 bits per heavy atom. The minimum Gasteiger partial charge on any atom is -0.480 e. The summed E-state index contributed by atoms with van der Waals surface area (Å²) in [6.45, 7) is 1.80. The molecular weight excluding hydrogens is 256 g/mol. The molecular formula is C11H18N2O6. The zero-order valence-corrected chi connectivity index (χ0v) is 10.7.